The van der Waals surface area contributed by atoms with Crippen molar-refractivity contribution >= 4 is 34.7 Å². The maximum absolute atomic E-state index is 13.3. The quantitative estimate of drug-likeness (QED) is 0.342. The van der Waals surface area contributed by atoms with Crippen LogP contribution in [0.4, 0.5) is 17.1 Å². The molecule has 2 aliphatic rings. The SMILES string of the molecule is CC(=O)c1cccc(NC(=O)c2ccc(N3CC4CC(C3)c3cccc(=O)n3C4)c(NC(=O)c3ccncc3)c2)c1. The summed E-state index contributed by atoms with van der Waals surface area (Å²) in [6.07, 6.45) is 4.11. The first-order chi connectivity index (χ1) is 19.9. The van der Waals surface area contributed by atoms with Gasteiger partial charge in [0.1, 0.15) is 0 Å². The molecular weight excluding hydrogens is 518 g/mol. The summed E-state index contributed by atoms with van der Waals surface area (Å²) in [5, 5.41) is 5.87. The molecule has 2 amide bonds. The number of carbonyl (C=O) groups is 3. The van der Waals surface area contributed by atoms with Crippen LogP contribution in [-0.4, -0.2) is 40.2 Å². The number of hydrogen-bond donors (Lipinski definition) is 2. The van der Waals surface area contributed by atoms with E-state index in [1.807, 2.05) is 22.8 Å². The minimum Gasteiger partial charge on any atom is -0.369 e. The number of anilines is 3. The van der Waals surface area contributed by atoms with E-state index in [0.717, 1.165) is 24.3 Å². The van der Waals surface area contributed by atoms with Crippen LogP contribution in [0.2, 0.25) is 0 Å². The lowest BCUT2D eigenvalue weighted by Crippen LogP contribution is -2.47. The number of ketones is 1. The molecule has 9 nitrogen and oxygen atoms in total. The summed E-state index contributed by atoms with van der Waals surface area (Å²) in [6, 6.07) is 20.8. The third kappa shape index (κ3) is 5.38. The van der Waals surface area contributed by atoms with Crippen molar-refractivity contribution < 1.29 is 14.4 Å². The lowest BCUT2D eigenvalue weighted by Gasteiger charge is -2.44. The summed E-state index contributed by atoms with van der Waals surface area (Å²) in [4.78, 5) is 56.9. The van der Waals surface area contributed by atoms with E-state index in [1.165, 1.54) is 6.92 Å². The van der Waals surface area contributed by atoms with Gasteiger partial charge >= 0.3 is 0 Å². The molecule has 2 aliphatic heterocycles. The fourth-order valence-corrected chi connectivity index (χ4v) is 5.86. The fraction of sp³-hybridized carbons (Fsp3) is 0.219. The van der Waals surface area contributed by atoms with E-state index in [1.54, 1.807) is 67.0 Å². The van der Waals surface area contributed by atoms with Gasteiger partial charge in [0.2, 0.25) is 0 Å². The zero-order valence-electron chi connectivity index (χ0n) is 22.5. The number of benzene rings is 2. The van der Waals surface area contributed by atoms with Crippen molar-refractivity contribution in [2.45, 2.75) is 25.8 Å². The van der Waals surface area contributed by atoms with E-state index in [-0.39, 0.29) is 35.0 Å². The minimum atomic E-state index is -0.361. The highest BCUT2D eigenvalue weighted by Gasteiger charge is 2.35. The van der Waals surface area contributed by atoms with Gasteiger partial charge in [0.15, 0.2) is 5.78 Å². The Balaban J connectivity index is 1.32. The van der Waals surface area contributed by atoms with Gasteiger partial charge < -0.3 is 20.1 Å². The molecule has 0 saturated carbocycles. The highest BCUT2D eigenvalue weighted by atomic mass is 16.2. The predicted molar refractivity (Wildman–Crippen MR) is 157 cm³/mol. The Labute approximate surface area is 236 Å². The molecule has 0 aliphatic carbocycles. The van der Waals surface area contributed by atoms with Gasteiger partial charge in [0.05, 0.1) is 11.4 Å². The Bertz CT molecular complexity index is 1710. The van der Waals surface area contributed by atoms with Gasteiger partial charge in [-0.1, -0.05) is 18.2 Å². The Hall–Kier alpha value is -5.05. The van der Waals surface area contributed by atoms with E-state index in [4.69, 9.17) is 0 Å². The third-order valence-corrected chi connectivity index (χ3v) is 7.80. The number of rotatable bonds is 6. The standard InChI is InChI=1S/C32H29N5O4/c1-20(38)23-4-2-5-26(15-23)34-32(41)24-8-9-29(27(16-24)35-31(40)22-10-12-33-13-11-22)36-17-21-14-25(19-36)28-6-3-7-30(39)37(28)18-21/h2-13,15-16,21,25H,14,17-19H2,1H3,(H,34,41)(H,35,40). The van der Waals surface area contributed by atoms with Gasteiger partial charge in [-0.25, -0.2) is 0 Å². The lowest BCUT2D eigenvalue weighted by atomic mass is 9.83. The molecule has 6 rings (SSSR count). The Kier molecular flexibility index (Phi) is 6.93. The Morgan fingerprint density at radius 2 is 1.59 bits per heavy atom. The molecule has 2 atom stereocenters. The smallest absolute Gasteiger partial charge is 0.255 e. The number of nitrogens with zero attached hydrogens (tertiary/aromatic N) is 3. The van der Waals surface area contributed by atoms with Crippen molar-refractivity contribution in [2.24, 2.45) is 5.92 Å². The highest BCUT2D eigenvalue weighted by Crippen LogP contribution is 2.39. The van der Waals surface area contributed by atoms with Crippen LogP contribution in [0, 0.1) is 5.92 Å². The lowest BCUT2D eigenvalue weighted by molar-refractivity contribution is 0.101. The number of fused-ring (bicyclic) bond motifs is 4. The zero-order valence-corrected chi connectivity index (χ0v) is 22.5. The third-order valence-electron chi connectivity index (χ3n) is 7.80. The molecule has 206 valence electrons. The van der Waals surface area contributed by atoms with Gasteiger partial charge in [0, 0.05) is 72.1 Å². The molecule has 4 aromatic rings. The number of hydrogen-bond acceptors (Lipinski definition) is 6. The molecule has 0 spiro atoms. The molecule has 4 heterocycles. The number of amides is 2. The minimum absolute atomic E-state index is 0.0279. The predicted octanol–water partition coefficient (Wildman–Crippen LogP) is 4.57. The van der Waals surface area contributed by atoms with Gasteiger partial charge in [0.25, 0.3) is 17.4 Å². The second kappa shape index (κ2) is 10.8. The second-order valence-corrected chi connectivity index (χ2v) is 10.6. The summed E-state index contributed by atoms with van der Waals surface area (Å²) in [7, 11) is 0. The van der Waals surface area contributed by atoms with Crippen molar-refractivity contribution in [3.63, 3.8) is 0 Å². The van der Waals surface area contributed by atoms with E-state index < -0.39 is 0 Å². The van der Waals surface area contributed by atoms with Crippen LogP contribution in [-0.2, 0) is 6.54 Å². The van der Waals surface area contributed by atoms with Crippen molar-refractivity contribution in [1.29, 1.82) is 0 Å². The van der Waals surface area contributed by atoms with Crippen LogP contribution < -0.4 is 21.1 Å². The van der Waals surface area contributed by atoms with Gasteiger partial charge in [-0.2, -0.15) is 0 Å². The van der Waals surface area contributed by atoms with Crippen molar-refractivity contribution in [2.75, 3.05) is 28.6 Å². The number of carbonyl (C=O) groups excluding carboxylic acids is 3. The molecule has 2 aromatic carbocycles. The van der Waals surface area contributed by atoms with Crippen LogP contribution in [0.15, 0.2) is 90.0 Å². The number of pyridine rings is 2. The first-order valence-corrected chi connectivity index (χ1v) is 13.6. The van der Waals surface area contributed by atoms with Crippen LogP contribution in [0.25, 0.3) is 0 Å². The summed E-state index contributed by atoms with van der Waals surface area (Å²) in [5.41, 5.74) is 4.21. The number of aromatic nitrogens is 2. The van der Waals surface area contributed by atoms with Crippen LogP contribution >= 0.6 is 0 Å². The first-order valence-electron chi connectivity index (χ1n) is 13.6. The van der Waals surface area contributed by atoms with Crippen molar-refractivity contribution in [3.05, 3.63) is 118 Å². The van der Waals surface area contributed by atoms with E-state index >= 15 is 0 Å². The van der Waals surface area contributed by atoms with Crippen LogP contribution in [0.3, 0.4) is 0 Å². The van der Waals surface area contributed by atoms with E-state index in [2.05, 4.69) is 20.5 Å². The molecule has 2 N–H and O–H groups in total. The summed E-state index contributed by atoms with van der Waals surface area (Å²) in [6.45, 7) is 3.53. The molecule has 1 saturated heterocycles. The van der Waals surface area contributed by atoms with Crippen molar-refractivity contribution in [1.82, 2.24) is 9.55 Å². The Morgan fingerprint density at radius 3 is 2.39 bits per heavy atom. The Morgan fingerprint density at radius 1 is 0.805 bits per heavy atom. The summed E-state index contributed by atoms with van der Waals surface area (Å²) in [5.74, 6) is -0.307. The van der Waals surface area contributed by atoms with Crippen molar-refractivity contribution in [3.8, 4) is 0 Å². The van der Waals surface area contributed by atoms with Crippen LogP contribution in [0.1, 0.15) is 56.0 Å². The largest absolute Gasteiger partial charge is 0.369 e. The van der Waals surface area contributed by atoms with Gasteiger partial charge in [-0.15, -0.1) is 0 Å². The maximum atomic E-state index is 13.3. The van der Waals surface area contributed by atoms with E-state index in [9.17, 15) is 19.2 Å². The fourth-order valence-electron chi connectivity index (χ4n) is 5.86. The normalized spacial score (nSPS) is 17.3. The van der Waals surface area contributed by atoms with E-state index in [0.29, 0.717) is 41.2 Å². The summed E-state index contributed by atoms with van der Waals surface area (Å²) < 4.78 is 1.89. The monoisotopic (exact) mass is 547 g/mol. The molecule has 2 unspecified atom stereocenters. The molecular formula is C32H29N5O4. The van der Waals surface area contributed by atoms with Gasteiger partial charge in [-0.05, 0) is 67.8 Å². The molecule has 1 fully saturated rings. The average molecular weight is 548 g/mol. The maximum Gasteiger partial charge on any atom is 0.255 e. The first kappa shape index (κ1) is 26.2. The molecule has 2 bridgehead atoms. The molecule has 41 heavy (non-hydrogen) atoms. The molecule has 0 radical (unpaired) electrons. The van der Waals surface area contributed by atoms with Crippen LogP contribution in [0.5, 0.6) is 0 Å². The molecule has 2 aromatic heterocycles. The second-order valence-electron chi connectivity index (χ2n) is 10.6. The zero-order chi connectivity index (χ0) is 28.5. The topological polar surface area (TPSA) is 113 Å². The number of Topliss-reactive ketones (excluding diaryl/α,β-unsaturated/α-hetero) is 1. The number of piperidine rings is 1. The van der Waals surface area contributed by atoms with Gasteiger partial charge in [-0.3, -0.25) is 24.2 Å². The molecule has 9 heteroatoms. The number of nitrogens with one attached hydrogen (secondary N) is 2. The highest BCUT2D eigenvalue weighted by molar-refractivity contribution is 6.09. The average Bonchev–Trinajstić information content (AvgIpc) is 2.98. The summed E-state index contributed by atoms with van der Waals surface area (Å²) >= 11 is 0.